The minimum atomic E-state index is -0.804. The molecule has 0 aromatic carbocycles. The standard InChI is InChI=1S/C4H5BrO3/c1-3(6)4(7)8-2-5/h2H2,1H3. The van der Waals surface area contributed by atoms with Gasteiger partial charge in [-0.3, -0.25) is 4.79 Å². The van der Waals surface area contributed by atoms with E-state index in [9.17, 15) is 9.59 Å². The van der Waals surface area contributed by atoms with Crippen LogP contribution in [-0.4, -0.2) is 17.3 Å². The third-order valence-electron chi connectivity index (χ3n) is 0.473. The van der Waals surface area contributed by atoms with Gasteiger partial charge in [-0.1, -0.05) is 0 Å². The van der Waals surface area contributed by atoms with Crippen LogP contribution in [0.3, 0.4) is 0 Å². The molecule has 46 valence electrons. The van der Waals surface area contributed by atoms with Gasteiger partial charge in [0.05, 0.1) is 0 Å². The molecule has 0 saturated heterocycles. The van der Waals surface area contributed by atoms with Crippen molar-refractivity contribution in [3.05, 3.63) is 0 Å². The molecule has 0 radical (unpaired) electrons. The van der Waals surface area contributed by atoms with E-state index >= 15 is 0 Å². The Hall–Kier alpha value is -0.380. The Morgan fingerprint density at radius 2 is 2.12 bits per heavy atom. The summed E-state index contributed by atoms with van der Waals surface area (Å²) in [5.74, 6) is -1.38. The molecular formula is C4H5BrO3. The lowest BCUT2D eigenvalue weighted by Gasteiger charge is -1.91. The zero-order chi connectivity index (χ0) is 6.57. The number of halogens is 1. The Labute approximate surface area is 55.1 Å². The van der Waals surface area contributed by atoms with Gasteiger partial charge in [-0.25, -0.2) is 4.79 Å². The molecule has 0 fully saturated rings. The van der Waals surface area contributed by atoms with Crippen LogP contribution in [0.4, 0.5) is 0 Å². The molecule has 0 bridgehead atoms. The number of ether oxygens (including phenoxy) is 1. The highest BCUT2D eigenvalue weighted by atomic mass is 79.9. The SMILES string of the molecule is CC(=O)C(=O)OCBr. The third-order valence-corrected chi connectivity index (χ3v) is 0.702. The summed E-state index contributed by atoms with van der Waals surface area (Å²) in [6.07, 6.45) is 0. The summed E-state index contributed by atoms with van der Waals surface area (Å²) in [5, 5.41) is 0. The molecule has 0 N–H and O–H groups in total. The van der Waals surface area contributed by atoms with E-state index in [0.717, 1.165) is 6.92 Å². The molecule has 0 atom stereocenters. The Kier molecular flexibility index (Phi) is 3.43. The van der Waals surface area contributed by atoms with Crippen LogP contribution >= 0.6 is 15.9 Å². The second kappa shape index (κ2) is 3.60. The number of hydrogen-bond donors (Lipinski definition) is 0. The smallest absolute Gasteiger partial charge is 0.375 e. The van der Waals surface area contributed by atoms with Gasteiger partial charge in [0, 0.05) is 6.92 Å². The molecule has 0 aliphatic rings. The van der Waals surface area contributed by atoms with E-state index in [0.29, 0.717) is 0 Å². The largest absolute Gasteiger partial charge is 0.448 e. The second-order valence-corrected chi connectivity index (χ2v) is 1.55. The molecule has 0 heterocycles. The Morgan fingerprint density at radius 3 is 2.25 bits per heavy atom. The van der Waals surface area contributed by atoms with Crippen molar-refractivity contribution in [1.29, 1.82) is 0 Å². The van der Waals surface area contributed by atoms with Crippen molar-refractivity contribution < 1.29 is 14.3 Å². The van der Waals surface area contributed by atoms with Gasteiger partial charge in [0.2, 0.25) is 5.78 Å². The van der Waals surface area contributed by atoms with Crippen LogP contribution in [0.5, 0.6) is 0 Å². The predicted octanol–water partition coefficient (Wildman–Crippen LogP) is 0.471. The molecule has 0 aromatic heterocycles. The summed E-state index contributed by atoms with van der Waals surface area (Å²) < 4.78 is 4.23. The fourth-order valence-electron chi connectivity index (χ4n) is 0.151. The normalized spacial score (nSPS) is 8.25. The van der Waals surface area contributed by atoms with Crippen LogP contribution in [0.25, 0.3) is 0 Å². The maximum atomic E-state index is 10.1. The van der Waals surface area contributed by atoms with Crippen LogP contribution in [0.1, 0.15) is 6.92 Å². The number of carbonyl (C=O) groups excluding carboxylic acids is 2. The van der Waals surface area contributed by atoms with Crippen LogP contribution in [0, 0.1) is 0 Å². The van der Waals surface area contributed by atoms with E-state index < -0.39 is 11.8 Å². The molecule has 0 aliphatic heterocycles. The van der Waals surface area contributed by atoms with Crippen LogP contribution in [-0.2, 0) is 14.3 Å². The molecule has 0 saturated carbocycles. The highest BCUT2D eigenvalue weighted by molar-refractivity contribution is 9.09. The summed E-state index contributed by atoms with van der Waals surface area (Å²) in [4.78, 5) is 20.2. The van der Waals surface area contributed by atoms with E-state index in [1.807, 2.05) is 0 Å². The Morgan fingerprint density at radius 1 is 1.62 bits per heavy atom. The van der Waals surface area contributed by atoms with Crippen LogP contribution in [0.15, 0.2) is 0 Å². The van der Waals surface area contributed by atoms with Crippen molar-refractivity contribution in [3.63, 3.8) is 0 Å². The molecule has 0 aliphatic carbocycles. The van der Waals surface area contributed by atoms with E-state index in [-0.39, 0.29) is 5.52 Å². The molecule has 4 heteroatoms. The second-order valence-electron chi connectivity index (χ2n) is 1.10. The minimum absolute atomic E-state index is 0.0748. The van der Waals surface area contributed by atoms with Gasteiger partial charge in [0.15, 0.2) is 0 Å². The van der Waals surface area contributed by atoms with Crippen molar-refractivity contribution >= 4 is 27.7 Å². The third kappa shape index (κ3) is 2.74. The summed E-state index contributed by atoms with van der Waals surface area (Å²) in [7, 11) is 0. The predicted molar refractivity (Wildman–Crippen MR) is 30.6 cm³/mol. The number of esters is 1. The topological polar surface area (TPSA) is 43.4 Å². The fourth-order valence-corrected chi connectivity index (χ4v) is 0.359. The van der Waals surface area contributed by atoms with Gasteiger partial charge < -0.3 is 4.74 Å². The summed E-state index contributed by atoms with van der Waals surface area (Å²) >= 11 is 2.82. The minimum Gasteiger partial charge on any atom is -0.448 e. The Bertz CT molecular complexity index is 110. The zero-order valence-corrected chi connectivity index (χ0v) is 5.90. The average molecular weight is 181 g/mol. The molecule has 0 amide bonds. The van der Waals surface area contributed by atoms with Crippen molar-refractivity contribution in [2.45, 2.75) is 6.92 Å². The van der Waals surface area contributed by atoms with Gasteiger partial charge >= 0.3 is 5.97 Å². The summed E-state index contributed by atoms with van der Waals surface area (Å²) in [6, 6.07) is 0. The quantitative estimate of drug-likeness (QED) is 0.353. The van der Waals surface area contributed by atoms with Gasteiger partial charge in [0.1, 0.15) is 5.52 Å². The number of carbonyl (C=O) groups is 2. The van der Waals surface area contributed by atoms with E-state index in [1.165, 1.54) is 0 Å². The van der Waals surface area contributed by atoms with Gasteiger partial charge in [-0.2, -0.15) is 0 Å². The van der Waals surface area contributed by atoms with E-state index in [1.54, 1.807) is 0 Å². The molecule has 3 nitrogen and oxygen atoms in total. The van der Waals surface area contributed by atoms with Crippen molar-refractivity contribution in [1.82, 2.24) is 0 Å². The molecule has 0 aromatic rings. The van der Waals surface area contributed by atoms with Crippen molar-refractivity contribution in [3.8, 4) is 0 Å². The zero-order valence-electron chi connectivity index (χ0n) is 4.31. The number of Topliss-reactive ketones (excluding diaryl/α,β-unsaturated/α-hetero) is 1. The van der Waals surface area contributed by atoms with Crippen molar-refractivity contribution in [2.75, 3.05) is 5.52 Å². The first-order chi connectivity index (χ1) is 3.68. The molecule has 0 unspecified atom stereocenters. The lowest BCUT2D eigenvalue weighted by atomic mass is 10.5. The number of alkyl halides is 1. The number of hydrogen-bond acceptors (Lipinski definition) is 3. The Balaban J connectivity index is 3.49. The highest BCUT2D eigenvalue weighted by Crippen LogP contribution is 1.84. The summed E-state index contributed by atoms with van der Waals surface area (Å²) in [5.41, 5.74) is 0.0748. The van der Waals surface area contributed by atoms with Gasteiger partial charge in [0.25, 0.3) is 0 Å². The maximum absolute atomic E-state index is 10.1. The average Bonchev–Trinajstić information content (AvgIpc) is 1.67. The molecule has 0 spiro atoms. The number of ketones is 1. The molecule has 0 rings (SSSR count). The highest BCUT2D eigenvalue weighted by Gasteiger charge is 2.05. The maximum Gasteiger partial charge on any atom is 0.375 e. The molecule has 8 heavy (non-hydrogen) atoms. The van der Waals surface area contributed by atoms with Gasteiger partial charge in [-0.05, 0) is 15.9 Å². The first kappa shape index (κ1) is 7.62. The first-order valence-electron chi connectivity index (χ1n) is 1.92. The number of rotatable bonds is 2. The van der Waals surface area contributed by atoms with E-state index in [4.69, 9.17) is 0 Å². The lowest BCUT2D eigenvalue weighted by Crippen LogP contribution is -2.12. The van der Waals surface area contributed by atoms with Crippen molar-refractivity contribution in [2.24, 2.45) is 0 Å². The monoisotopic (exact) mass is 180 g/mol. The van der Waals surface area contributed by atoms with E-state index in [2.05, 4.69) is 20.7 Å². The van der Waals surface area contributed by atoms with Gasteiger partial charge in [-0.15, -0.1) is 0 Å². The molecular weight excluding hydrogens is 176 g/mol. The first-order valence-corrected chi connectivity index (χ1v) is 3.04. The summed E-state index contributed by atoms with van der Waals surface area (Å²) in [6.45, 7) is 1.16. The fraction of sp³-hybridized carbons (Fsp3) is 0.500. The lowest BCUT2D eigenvalue weighted by molar-refractivity contribution is -0.151. The van der Waals surface area contributed by atoms with Crippen LogP contribution in [0.2, 0.25) is 0 Å². The van der Waals surface area contributed by atoms with Crippen LogP contribution < -0.4 is 0 Å².